The Kier molecular flexibility index (Phi) is 3.63. The lowest BCUT2D eigenvalue weighted by Crippen LogP contribution is -2.37. The standard InChI is InChI=1S/C15H19ClN4O/c1-9-4-14(19(2)7-9)15(21)17-13-5-10-8-20(3)18-12(10)6-11(13)16/h5-6,8-9,14H,4,7H2,1-3H3,(H,17,21)/t9?,14-/m0/s1. The highest BCUT2D eigenvalue weighted by molar-refractivity contribution is 6.34. The second-order valence-electron chi connectivity index (χ2n) is 5.98. The Hall–Kier alpha value is -1.59. The van der Waals surface area contributed by atoms with Crippen molar-refractivity contribution in [3.05, 3.63) is 23.4 Å². The predicted octanol–water partition coefficient (Wildman–Crippen LogP) is 2.51. The van der Waals surface area contributed by atoms with Gasteiger partial charge in [0.25, 0.3) is 0 Å². The summed E-state index contributed by atoms with van der Waals surface area (Å²) in [7, 11) is 3.85. The number of benzene rings is 1. The molecule has 0 saturated carbocycles. The summed E-state index contributed by atoms with van der Waals surface area (Å²) >= 11 is 6.25. The van der Waals surface area contributed by atoms with Crippen molar-refractivity contribution in [3.63, 3.8) is 0 Å². The Morgan fingerprint density at radius 2 is 2.19 bits per heavy atom. The molecule has 0 radical (unpaired) electrons. The van der Waals surface area contributed by atoms with E-state index >= 15 is 0 Å². The molecule has 3 rings (SSSR count). The Morgan fingerprint density at radius 3 is 2.86 bits per heavy atom. The summed E-state index contributed by atoms with van der Waals surface area (Å²) in [6.07, 6.45) is 2.79. The van der Waals surface area contributed by atoms with Gasteiger partial charge in [0.2, 0.25) is 5.91 Å². The zero-order valence-electron chi connectivity index (χ0n) is 12.4. The number of hydrogen-bond donors (Lipinski definition) is 1. The van der Waals surface area contributed by atoms with Gasteiger partial charge in [-0.25, -0.2) is 0 Å². The molecular weight excluding hydrogens is 288 g/mol. The van der Waals surface area contributed by atoms with Crippen LogP contribution in [0, 0.1) is 5.92 Å². The molecule has 6 heteroatoms. The van der Waals surface area contributed by atoms with E-state index in [0.29, 0.717) is 16.6 Å². The first-order chi connectivity index (χ1) is 9.94. The van der Waals surface area contributed by atoms with E-state index in [1.54, 1.807) is 10.7 Å². The lowest BCUT2D eigenvalue weighted by atomic mass is 10.1. The molecular formula is C15H19ClN4O. The molecule has 5 nitrogen and oxygen atoms in total. The number of aryl methyl sites for hydroxylation is 1. The quantitative estimate of drug-likeness (QED) is 0.927. The zero-order valence-corrected chi connectivity index (χ0v) is 13.2. The average molecular weight is 307 g/mol. The van der Waals surface area contributed by atoms with Crippen molar-refractivity contribution in [1.82, 2.24) is 14.7 Å². The maximum absolute atomic E-state index is 12.4. The van der Waals surface area contributed by atoms with Crippen LogP contribution in [0.4, 0.5) is 5.69 Å². The Bertz CT molecular complexity index is 696. The van der Waals surface area contributed by atoms with Gasteiger partial charge in [-0.05, 0) is 31.5 Å². The van der Waals surface area contributed by atoms with Crippen molar-refractivity contribution in [3.8, 4) is 0 Å². The van der Waals surface area contributed by atoms with E-state index in [-0.39, 0.29) is 11.9 Å². The number of likely N-dealkylation sites (N-methyl/N-ethyl adjacent to an activating group) is 1. The van der Waals surface area contributed by atoms with Gasteiger partial charge in [-0.15, -0.1) is 0 Å². The van der Waals surface area contributed by atoms with Crippen LogP contribution in [0.5, 0.6) is 0 Å². The van der Waals surface area contributed by atoms with Gasteiger partial charge in [-0.2, -0.15) is 5.10 Å². The minimum atomic E-state index is -0.0827. The van der Waals surface area contributed by atoms with E-state index in [0.717, 1.165) is 23.9 Å². The number of carbonyl (C=O) groups is 1. The van der Waals surface area contributed by atoms with E-state index in [4.69, 9.17) is 11.6 Å². The minimum Gasteiger partial charge on any atom is -0.323 e. The van der Waals surface area contributed by atoms with Gasteiger partial charge in [0.1, 0.15) is 0 Å². The largest absolute Gasteiger partial charge is 0.323 e. The first-order valence-electron chi connectivity index (χ1n) is 7.08. The van der Waals surface area contributed by atoms with E-state index < -0.39 is 0 Å². The van der Waals surface area contributed by atoms with Crippen molar-refractivity contribution in [1.29, 1.82) is 0 Å². The van der Waals surface area contributed by atoms with E-state index in [1.165, 1.54) is 0 Å². The van der Waals surface area contributed by atoms with Crippen LogP contribution in [-0.2, 0) is 11.8 Å². The monoisotopic (exact) mass is 306 g/mol. The van der Waals surface area contributed by atoms with Crippen LogP contribution in [0.1, 0.15) is 13.3 Å². The summed E-state index contributed by atoms with van der Waals surface area (Å²) < 4.78 is 1.74. The highest BCUT2D eigenvalue weighted by Crippen LogP contribution is 2.29. The van der Waals surface area contributed by atoms with Gasteiger partial charge in [0.15, 0.2) is 0 Å². The fraction of sp³-hybridized carbons (Fsp3) is 0.467. The Morgan fingerprint density at radius 1 is 1.43 bits per heavy atom. The average Bonchev–Trinajstić information content (AvgIpc) is 2.91. The molecule has 0 aliphatic carbocycles. The number of halogens is 1. The van der Waals surface area contributed by atoms with E-state index in [1.807, 2.05) is 26.4 Å². The van der Waals surface area contributed by atoms with Gasteiger partial charge >= 0.3 is 0 Å². The van der Waals surface area contributed by atoms with Crippen LogP contribution in [0.3, 0.4) is 0 Å². The van der Waals surface area contributed by atoms with E-state index in [9.17, 15) is 4.79 Å². The maximum atomic E-state index is 12.4. The third-order valence-electron chi connectivity index (χ3n) is 4.03. The first-order valence-corrected chi connectivity index (χ1v) is 7.46. The molecule has 2 heterocycles. The summed E-state index contributed by atoms with van der Waals surface area (Å²) in [5, 5.41) is 8.74. The molecule has 1 saturated heterocycles. The van der Waals surface area contributed by atoms with Gasteiger partial charge in [0, 0.05) is 25.2 Å². The predicted molar refractivity (Wildman–Crippen MR) is 84.6 cm³/mol. The molecule has 1 unspecified atom stereocenters. The highest BCUT2D eigenvalue weighted by atomic mass is 35.5. The first kappa shape index (κ1) is 14.4. The molecule has 2 atom stereocenters. The second-order valence-corrected chi connectivity index (χ2v) is 6.39. The van der Waals surface area contributed by atoms with Gasteiger partial charge < -0.3 is 5.32 Å². The van der Waals surface area contributed by atoms with Crippen molar-refractivity contribution < 1.29 is 4.79 Å². The number of amides is 1. The molecule has 1 aromatic carbocycles. The summed E-state index contributed by atoms with van der Waals surface area (Å²) in [4.78, 5) is 14.5. The molecule has 1 aliphatic rings. The zero-order chi connectivity index (χ0) is 15.1. The van der Waals surface area contributed by atoms with Crippen LogP contribution in [-0.4, -0.2) is 40.2 Å². The summed E-state index contributed by atoms with van der Waals surface area (Å²) in [5.74, 6) is 0.550. The maximum Gasteiger partial charge on any atom is 0.241 e. The topological polar surface area (TPSA) is 50.2 Å². The smallest absolute Gasteiger partial charge is 0.241 e. The Labute approximate surface area is 128 Å². The van der Waals surface area contributed by atoms with Crippen molar-refractivity contribution in [2.75, 3.05) is 18.9 Å². The second kappa shape index (κ2) is 5.31. The molecule has 1 amide bonds. The number of anilines is 1. The third-order valence-corrected chi connectivity index (χ3v) is 4.34. The fourth-order valence-electron chi connectivity index (χ4n) is 3.04. The SMILES string of the molecule is CC1C[C@@H](C(=O)Nc2cc3cn(C)nc3cc2Cl)N(C)C1. The highest BCUT2D eigenvalue weighted by Gasteiger charge is 2.32. The van der Waals surface area contributed by atoms with Crippen LogP contribution in [0.25, 0.3) is 10.9 Å². The molecule has 1 aromatic heterocycles. The van der Waals surface area contributed by atoms with Gasteiger partial charge in [-0.3, -0.25) is 14.4 Å². The Balaban J connectivity index is 1.84. The van der Waals surface area contributed by atoms with Crippen LogP contribution >= 0.6 is 11.6 Å². The fourth-order valence-corrected chi connectivity index (χ4v) is 3.25. The minimum absolute atomic E-state index is 0.00647. The number of carbonyl (C=O) groups excluding carboxylic acids is 1. The lowest BCUT2D eigenvalue weighted by molar-refractivity contribution is -0.119. The molecule has 0 bridgehead atoms. The summed E-state index contributed by atoms with van der Waals surface area (Å²) in [5.41, 5.74) is 1.47. The number of fused-ring (bicyclic) bond motifs is 1. The number of nitrogens with zero attached hydrogens (tertiary/aromatic N) is 3. The molecule has 2 aromatic rings. The van der Waals surface area contributed by atoms with Crippen LogP contribution in [0.15, 0.2) is 18.3 Å². The third kappa shape index (κ3) is 2.76. The molecule has 112 valence electrons. The lowest BCUT2D eigenvalue weighted by Gasteiger charge is -2.19. The summed E-state index contributed by atoms with van der Waals surface area (Å²) in [6, 6.07) is 3.58. The van der Waals surface area contributed by atoms with Crippen molar-refractivity contribution >= 4 is 34.1 Å². The van der Waals surface area contributed by atoms with Crippen LogP contribution in [0.2, 0.25) is 5.02 Å². The number of rotatable bonds is 2. The molecule has 21 heavy (non-hydrogen) atoms. The molecule has 1 aliphatic heterocycles. The molecule has 1 N–H and O–H groups in total. The molecule has 0 spiro atoms. The van der Waals surface area contributed by atoms with Crippen molar-refractivity contribution in [2.24, 2.45) is 13.0 Å². The number of aromatic nitrogens is 2. The van der Waals surface area contributed by atoms with Gasteiger partial charge in [0.05, 0.1) is 22.3 Å². The number of likely N-dealkylation sites (tertiary alicyclic amines) is 1. The van der Waals surface area contributed by atoms with Crippen LogP contribution < -0.4 is 5.32 Å². The number of hydrogen-bond acceptors (Lipinski definition) is 3. The summed E-state index contributed by atoms with van der Waals surface area (Å²) in [6.45, 7) is 3.12. The van der Waals surface area contributed by atoms with Gasteiger partial charge in [-0.1, -0.05) is 18.5 Å². The van der Waals surface area contributed by atoms with Crippen molar-refractivity contribution in [2.45, 2.75) is 19.4 Å². The molecule has 1 fully saturated rings. The normalized spacial score (nSPS) is 22.9. The van der Waals surface area contributed by atoms with E-state index in [2.05, 4.69) is 22.2 Å². The number of nitrogens with one attached hydrogen (secondary N) is 1.